The Bertz CT molecular complexity index is 1060. The fourth-order valence-corrected chi connectivity index (χ4v) is 2.44. The highest BCUT2D eigenvalue weighted by atomic mass is 16.3. The van der Waals surface area contributed by atoms with Gasteiger partial charge in [0.1, 0.15) is 18.1 Å². The van der Waals surface area contributed by atoms with E-state index in [4.69, 9.17) is 9.52 Å². The molecule has 3 aromatic rings. The van der Waals surface area contributed by atoms with E-state index < -0.39 is 6.61 Å². The maximum absolute atomic E-state index is 11.5. The number of aliphatic hydroxyl groups excluding tert-OH is 1. The summed E-state index contributed by atoms with van der Waals surface area (Å²) in [5.41, 5.74) is 2.23. The summed E-state index contributed by atoms with van der Waals surface area (Å²) in [6.07, 6.45) is 3.10. The first-order chi connectivity index (χ1) is 13.5. The number of Topliss-reactive ketones (excluding diaryl/α,β-unsaturated/α-hetero) is 2. The summed E-state index contributed by atoms with van der Waals surface area (Å²) in [6.45, 7) is 0.972. The van der Waals surface area contributed by atoms with Crippen LogP contribution in [-0.2, 0) is 0 Å². The lowest BCUT2D eigenvalue weighted by Crippen LogP contribution is -2.03. The van der Waals surface area contributed by atoms with Crippen molar-refractivity contribution in [2.75, 3.05) is 6.61 Å². The van der Waals surface area contributed by atoms with Crippen LogP contribution in [0.3, 0.4) is 0 Å². The summed E-state index contributed by atoms with van der Waals surface area (Å²) >= 11 is 0. The lowest BCUT2D eigenvalue weighted by Gasteiger charge is -1.98. The van der Waals surface area contributed by atoms with Crippen molar-refractivity contribution in [3.8, 4) is 0 Å². The number of ketones is 2. The van der Waals surface area contributed by atoms with Crippen LogP contribution in [0.15, 0.2) is 75.1 Å². The summed E-state index contributed by atoms with van der Waals surface area (Å²) in [5.74, 6) is 0.692. The molecule has 28 heavy (non-hydrogen) atoms. The number of carbonyl (C=O) groups excluding carboxylic acids is 2. The first-order valence-corrected chi connectivity index (χ1v) is 8.58. The number of carbonyl (C=O) groups is 2. The minimum atomic E-state index is -0.538. The summed E-state index contributed by atoms with van der Waals surface area (Å²) in [7, 11) is 0. The van der Waals surface area contributed by atoms with Gasteiger partial charge in [-0.05, 0) is 43.3 Å². The molecule has 6 heteroatoms. The Morgan fingerprint density at radius 3 is 1.96 bits per heavy atom. The lowest BCUT2D eigenvalue weighted by molar-refractivity contribution is 0.0903. The van der Waals surface area contributed by atoms with Crippen LogP contribution in [0.2, 0.25) is 0 Å². The summed E-state index contributed by atoms with van der Waals surface area (Å²) in [5, 5.41) is 8.93. The van der Waals surface area contributed by atoms with Crippen molar-refractivity contribution in [2.24, 2.45) is 9.98 Å². The standard InChI is InChI=1S/C22H18N2O4/c1-15(26)16-4-2-6-18(10-16)23-12-20-8-9-21(28-20)13-24-19-7-3-5-17(11-19)22(27)14-25/h2-13,25H,14H2,1H3. The zero-order valence-electron chi connectivity index (χ0n) is 15.2. The lowest BCUT2D eigenvalue weighted by atomic mass is 10.1. The molecule has 1 N–H and O–H groups in total. The second kappa shape index (κ2) is 8.83. The predicted octanol–water partition coefficient (Wildman–Crippen LogP) is 4.16. The van der Waals surface area contributed by atoms with Crippen LogP contribution in [0.1, 0.15) is 39.2 Å². The molecule has 1 aromatic heterocycles. The van der Waals surface area contributed by atoms with Crippen LogP contribution in [0, 0.1) is 0 Å². The Morgan fingerprint density at radius 1 is 0.893 bits per heavy atom. The van der Waals surface area contributed by atoms with E-state index in [1.165, 1.54) is 13.1 Å². The van der Waals surface area contributed by atoms with Crippen LogP contribution >= 0.6 is 0 Å². The summed E-state index contributed by atoms with van der Waals surface area (Å²) in [6, 6.07) is 17.2. The Balaban J connectivity index is 1.70. The Morgan fingerprint density at radius 2 is 1.43 bits per heavy atom. The molecule has 6 nitrogen and oxygen atoms in total. The molecule has 0 fully saturated rings. The molecule has 0 aliphatic heterocycles. The van der Waals surface area contributed by atoms with Crippen molar-refractivity contribution in [1.82, 2.24) is 0 Å². The van der Waals surface area contributed by atoms with Gasteiger partial charge >= 0.3 is 0 Å². The number of furan rings is 1. The number of aliphatic hydroxyl groups is 1. The van der Waals surface area contributed by atoms with Crippen LogP contribution in [0.5, 0.6) is 0 Å². The molecule has 0 aliphatic carbocycles. The molecule has 0 atom stereocenters. The normalized spacial score (nSPS) is 11.4. The molecule has 1 heterocycles. The van der Waals surface area contributed by atoms with Gasteiger partial charge in [-0.1, -0.05) is 24.3 Å². The molecule has 0 spiro atoms. The van der Waals surface area contributed by atoms with E-state index in [2.05, 4.69) is 9.98 Å². The monoisotopic (exact) mass is 374 g/mol. The number of hydrogen-bond donors (Lipinski definition) is 1. The molecular formula is C22H18N2O4. The van der Waals surface area contributed by atoms with Crippen LogP contribution < -0.4 is 0 Å². The van der Waals surface area contributed by atoms with Gasteiger partial charge in [-0.3, -0.25) is 19.6 Å². The number of nitrogens with zero attached hydrogens (tertiary/aromatic N) is 2. The third-order valence-corrected chi connectivity index (χ3v) is 3.89. The van der Waals surface area contributed by atoms with Gasteiger partial charge in [0.2, 0.25) is 0 Å². The van der Waals surface area contributed by atoms with Gasteiger partial charge in [-0.25, -0.2) is 0 Å². The maximum atomic E-state index is 11.5. The fourth-order valence-electron chi connectivity index (χ4n) is 2.44. The highest BCUT2D eigenvalue weighted by Crippen LogP contribution is 2.17. The third kappa shape index (κ3) is 4.96. The number of rotatable bonds is 7. The molecule has 0 aliphatic rings. The average molecular weight is 374 g/mol. The smallest absolute Gasteiger partial charge is 0.188 e. The number of aliphatic imine (C=N–C) groups is 2. The summed E-state index contributed by atoms with van der Waals surface area (Å²) < 4.78 is 5.63. The molecule has 0 amide bonds. The third-order valence-electron chi connectivity index (χ3n) is 3.89. The van der Waals surface area contributed by atoms with Crippen LogP contribution in [0.25, 0.3) is 0 Å². The van der Waals surface area contributed by atoms with Crippen LogP contribution in [-0.4, -0.2) is 35.7 Å². The molecular weight excluding hydrogens is 356 g/mol. The van der Waals surface area contributed by atoms with Crippen molar-refractivity contribution in [2.45, 2.75) is 6.92 Å². The maximum Gasteiger partial charge on any atom is 0.188 e. The van der Waals surface area contributed by atoms with E-state index in [1.807, 2.05) is 0 Å². The SMILES string of the molecule is CC(=O)c1cccc(N=Cc2ccc(C=Nc3cccc(C(=O)CO)c3)o2)c1. The van der Waals surface area contributed by atoms with Gasteiger partial charge in [0.15, 0.2) is 11.6 Å². The van der Waals surface area contributed by atoms with Crippen molar-refractivity contribution >= 4 is 35.4 Å². The van der Waals surface area contributed by atoms with Gasteiger partial charge in [-0.15, -0.1) is 0 Å². The van der Waals surface area contributed by atoms with E-state index in [9.17, 15) is 9.59 Å². The molecule has 0 bridgehead atoms. The van der Waals surface area contributed by atoms with Crippen molar-refractivity contribution in [1.29, 1.82) is 0 Å². The van der Waals surface area contributed by atoms with Gasteiger partial charge in [0.05, 0.1) is 23.8 Å². The van der Waals surface area contributed by atoms with Gasteiger partial charge < -0.3 is 9.52 Å². The van der Waals surface area contributed by atoms with Crippen molar-refractivity contribution < 1.29 is 19.1 Å². The first kappa shape index (κ1) is 19.1. The largest absolute Gasteiger partial charge is 0.454 e. The van der Waals surface area contributed by atoms with E-state index in [1.54, 1.807) is 66.9 Å². The molecule has 0 unspecified atom stereocenters. The topological polar surface area (TPSA) is 92.2 Å². The Labute approximate surface area is 161 Å². The minimum absolute atomic E-state index is 0.0155. The van der Waals surface area contributed by atoms with E-state index in [0.717, 1.165) is 0 Å². The molecule has 3 rings (SSSR count). The highest BCUT2D eigenvalue weighted by molar-refractivity contribution is 5.97. The molecule has 0 saturated carbocycles. The highest BCUT2D eigenvalue weighted by Gasteiger charge is 2.04. The van der Waals surface area contributed by atoms with E-state index in [-0.39, 0.29) is 11.6 Å². The van der Waals surface area contributed by atoms with Crippen molar-refractivity contribution in [3.63, 3.8) is 0 Å². The fraction of sp³-hybridized carbons (Fsp3) is 0.0909. The second-order valence-corrected chi connectivity index (χ2v) is 5.99. The molecule has 0 saturated heterocycles. The first-order valence-electron chi connectivity index (χ1n) is 8.58. The molecule has 0 radical (unpaired) electrons. The number of benzene rings is 2. The van der Waals surface area contributed by atoms with E-state index in [0.29, 0.717) is 34.0 Å². The second-order valence-electron chi connectivity index (χ2n) is 5.99. The number of hydrogen-bond acceptors (Lipinski definition) is 6. The van der Waals surface area contributed by atoms with Gasteiger partial charge in [0, 0.05) is 11.1 Å². The van der Waals surface area contributed by atoms with Crippen LogP contribution in [0.4, 0.5) is 11.4 Å². The van der Waals surface area contributed by atoms with Crippen molar-refractivity contribution in [3.05, 3.63) is 83.3 Å². The van der Waals surface area contributed by atoms with E-state index >= 15 is 0 Å². The quantitative estimate of drug-likeness (QED) is 0.496. The molecule has 140 valence electrons. The average Bonchev–Trinajstić information content (AvgIpc) is 3.18. The Hall–Kier alpha value is -3.64. The zero-order valence-corrected chi connectivity index (χ0v) is 15.2. The molecule has 2 aromatic carbocycles. The minimum Gasteiger partial charge on any atom is -0.454 e. The van der Waals surface area contributed by atoms with Gasteiger partial charge in [-0.2, -0.15) is 0 Å². The zero-order chi connectivity index (χ0) is 19.9. The predicted molar refractivity (Wildman–Crippen MR) is 108 cm³/mol. The summed E-state index contributed by atoms with van der Waals surface area (Å²) in [4.78, 5) is 31.6. The Kier molecular flexibility index (Phi) is 6.04. The van der Waals surface area contributed by atoms with Gasteiger partial charge in [0.25, 0.3) is 0 Å².